The van der Waals surface area contributed by atoms with Crippen LogP contribution >= 0.6 is 0 Å². The third-order valence-corrected chi connectivity index (χ3v) is 7.14. The summed E-state index contributed by atoms with van der Waals surface area (Å²) >= 11 is 0. The van der Waals surface area contributed by atoms with Gasteiger partial charge in [-0.3, -0.25) is 4.79 Å². The highest BCUT2D eigenvalue weighted by molar-refractivity contribution is 5.77. The van der Waals surface area contributed by atoms with Crippen LogP contribution in [0.5, 0.6) is 0 Å². The Hall–Kier alpha value is -1.26. The predicted molar refractivity (Wildman–Crippen MR) is 97.0 cm³/mol. The van der Waals surface area contributed by atoms with Gasteiger partial charge in [-0.05, 0) is 76.0 Å². The quantitative estimate of drug-likeness (QED) is 0.619. The van der Waals surface area contributed by atoms with E-state index in [2.05, 4.69) is 16.0 Å². The average molecular weight is 348 g/mol. The zero-order chi connectivity index (χ0) is 17.4. The molecule has 0 unspecified atom stereocenters. The highest BCUT2D eigenvalue weighted by atomic mass is 16.2. The van der Waals surface area contributed by atoms with E-state index in [1.165, 1.54) is 38.5 Å². The first-order valence-corrected chi connectivity index (χ1v) is 10.4. The van der Waals surface area contributed by atoms with Gasteiger partial charge in [-0.15, -0.1) is 0 Å². The van der Waals surface area contributed by atoms with Crippen molar-refractivity contribution in [3.63, 3.8) is 0 Å². The highest BCUT2D eigenvalue weighted by Crippen LogP contribution is 2.55. The van der Waals surface area contributed by atoms with Crippen molar-refractivity contribution in [3.05, 3.63) is 0 Å². The summed E-state index contributed by atoms with van der Waals surface area (Å²) in [6, 6.07) is 0.410. The topological polar surface area (TPSA) is 70.2 Å². The molecule has 1 saturated heterocycles. The lowest BCUT2D eigenvalue weighted by atomic mass is 9.53. The van der Waals surface area contributed by atoms with Crippen LogP contribution in [0.4, 0.5) is 4.79 Å². The minimum absolute atomic E-state index is 0.0487. The molecule has 25 heavy (non-hydrogen) atoms. The fraction of sp³-hybridized carbons (Fsp3) is 0.900. The van der Waals surface area contributed by atoms with E-state index in [1.807, 2.05) is 6.92 Å². The second-order valence-corrected chi connectivity index (χ2v) is 9.36. The molecule has 4 aliphatic carbocycles. The molecule has 140 valence electrons. The molecular formula is C20H33N3O2. The number of amides is 3. The van der Waals surface area contributed by atoms with Gasteiger partial charge in [-0.1, -0.05) is 12.8 Å². The molecule has 0 spiro atoms. The van der Waals surface area contributed by atoms with Gasteiger partial charge < -0.3 is 16.0 Å². The minimum atomic E-state index is -0.0487. The summed E-state index contributed by atoms with van der Waals surface area (Å²) in [5.41, 5.74) is 0.154. The number of unbranched alkanes of at least 4 members (excludes halogenated alkanes) is 2. The van der Waals surface area contributed by atoms with Gasteiger partial charge >= 0.3 is 6.03 Å². The highest BCUT2D eigenvalue weighted by Gasteiger charge is 2.51. The normalized spacial score (nSPS) is 41.5. The summed E-state index contributed by atoms with van der Waals surface area (Å²) in [4.78, 5) is 23.7. The molecule has 0 aromatic carbocycles. The Bertz CT molecular complexity index is 498. The van der Waals surface area contributed by atoms with Gasteiger partial charge in [-0.2, -0.15) is 0 Å². The van der Waals surface area contributed by atoms with E-state index in [-0.39, 0.29) is 29.6 Å². The molecular weight excluding hydrogens is 314 g/mol. The molecule has 3 amide bonds. The van der Waals surface area contributed by atoms with Crippen molar-refractivity contribution < 1.29 is 9.59 Å². The van der Waals surface area contributed by atoms with Crippen molar-refractivity contribution >= 4 is 11.9 Å². The first kappa shape index (κ1) is 17.2. The Balaban J connectivity index is 1.15. The fourth-order valence-electron chi connectivity index (χ4n) is 6.41. The molecule has 5 nitrogen and oxygen atoms in total. The Morgan fingerprint density at radius 2 is 1.68 bits per heavy atom. The van der Waals surface area contributed by atoms with E-state index < -0.39 is 0 Å². The van der Waals surface area contributed by atoms with E-state index in [0.717, 1.165) is 43.4 Å². The van der Waals surface area contributed by atoms with E-state index in [9.17, 15) is 9.59 Å². The molecule has 0 aromatic rings. The van der Waals surface area contributed by atoms with Crippen molar-refractivity contribution in [1.29, 1.82) is 0 Å². The van der Waals surface area contributed by atoms with E-state index >= 15 is 0 Å². The van der Waals surface area contributed by atoms with Crippen LogP contribution in [0.25, 0.3) is 0 Å². The molecule has 5 aliphatic rings. The SMILES string of the molecule is C[C@H]1NC(=O)N[C@@H]1CCCCCC(=O)NC12CC3CC(CC(C3)C1)C2. The molecule has 5 heteroatoms. The third-order valence-electron chi connectivity index (χ3n) is 7.14. The number of nitrogens with one attached hydrogen (secondary N) is 3. The van der Waals surface area contributed by atoms with Crippen molar-refractivity contribution in [2.45, 2.75) is 95.2 Å². The molecule has 5 fully saturated rings. The van der Waals surface area contributed by atoms with Crippen LogP contribution in [-0.2, 0) is 4.79 Å². The molecule has 3 N–H and O–H groups in total. The summed E-state index contributed by atoms with van der Waals surface area (Å²) in [5, 5.41) is 9.31. The second kappa shape index (κ2) is 6.81. The van der Waals surface area contributed by atoms with E-state index in [4.69, 9.17) is 0 Å². The maximum atomic E-state index is 12.5. The molecule has 1 heterocycles. The van der Waals surface area contributed by atoms with E-state index in [1.54, 1.807) is 0 Å². The zero-order valence-electron chi connectivity index (χ0n) is 15.5. The Morgan fingerprint density at radius 3 is 2.24 bits per heavy atom. The Kier molecular flexibility index (Phi) is 4.67. The van der Waals surface area contributed by atoms with Crippen LogP contribution < -0.4 is 16.0 Å². The van der Waals surface area contributed by atoms with Gasteiger partial charge in [0.1, 0.15) is 0 Å². The van der Waals surface area contributed by atoms with Crippen LogP contribution in [0.3, 0.4) is 0 Å². The summed E-state index contributed by atoms with van der Waals surface area (Å²) in [7, 11) is 0. The predicted octanol–water partition coefficient (Wildman–Crippen LogP) is 3.09. The van der Waals surface area contributed by atoms with Crippen LogP contribution in [0.1, 0.15) is 77.6 Å². The number of hydrogen-bond donors (Lipinski definition) is 3. The standard InChI is InChI=1S/C20H33N3O2/c1-13-17(22-19(25)21-13)5-3-2-4-6-18(24)23-20-10-14-7-15(11-20)9-16(8-14)12-20/h13-17H,2-12H2,1H3,(H,23,24)(H2,21,22,25)/t13-,14?,15?,16?,17-,20?/m1/s1. The van der Waals surface area contributed by atoms with Crippen LogP contribution in [0.15, 0.2) is 0 Å². The number of urea groups is 1. The van der Waals surface area contributed by atoms with Crippen molar-refractivity contribution in [2.75, 3.05) is 0 Å². The number of hydrogen-bond acceptors (Lipinski definition) is 2. The summed E-state index contributed by atoms with van der Waals surface area (Å²) in [5.74, 6) is 2.91. The third kappa shape index (κ3) is 3.80. The molecule has 2 atom stereocenters. The number of carbonyl (C=O) groups excluding carboxylic acids is 2. The van der Waals surface area contributed by atoms with Crippen LogP contribution in [-0.4, -0.2) is 29.6 Å². The molecule has 1 aliphatic heterocycles. The Morgan fingerprint density at radius 1 is 1.04 bits per heavy atom. The molecule has 0 aromatic heterocycles. The van der Waals surface area contributed by atoms with Crippen LogP contribution in [0.2, 0.25) is 0 Å². The zero-order valence-corrected chi connectivity index (χ0v) is 15.5. The smallest absolute Gasteiger partial charge is 0.315 e. The summed E-state index contributed by atoms with van der Waals surface area (Å²) < 4.78 is 0. The lowest BCUT2D eigenvalue weighted by Gasteiger charge is -2.56. The van der Waals surface area contributed by atoms with E-state index in [0.29, 0.717) is 6.42 Å². The van der Waals surface area contributed by atoms with Crippen molar-refractivity contribution in [1.82, 2.24) is 16.0 Å². The summed E-state index contributed by atoms with van der Waals surface area (Å²) in [6.07, 6.45) is 12.7. The molecule has 5 rings (SSSR count). The molecule has 4 saturated carbocycles. The van der Waals surface area contributed by atoms with Gasteiger partial charge in [0.25, 0.3) is 0 Å². The van der Waals surface area contributed by atoms with Crippen LogP contribution in [0, 0.1) is 17.8 Å². The van der Waals surface area contributed by atoms with Gasteiger partial charge in [0.2, 0.25) is 5.91 Å². The largest absolute Gasteiger partial charge is 0.351 e. The first-order valence-electron chi connectivity index (χ1n) is 10.4. The second-order valence-electron chi connectivity index (χ2n) is 9.36. The minimum Gasteiger partial charge on any atom is -0.351 e. The van der Waals surface area contributed by atoms with Gasteiger partial charge in [-0.25, -0.2) is 4.79 Å². The average Bonchev–Trinajstić information content (AvgIpc) is 2.82. The van der Waals surface area contributed by atoms with Gasteiger partial charge in [0.15, 0.2) is 0 Å². The number of rotatable bonds is 7. The summed E-state index contributed by atoms with van der Waals surface area (Å²) in [6.45, 7) is 2.04. The maximum absolute atomic E-state index is 12.5. The molecule has 0 radical (unpaired) electrons. The number of carbonyl (C=O) groups is 2. The fourth-order valence-corrected chi connectivity index (χ4v) is 6.41. The molecule has 4 bridgehead atoms. The lowest BCUT2D eigenvalue weighted by Crippen LogP contribution is -2.59. The van der Waals surface area contributed by atoms with Crippen molar-refractivity contribution in [3.8, 4) is 0 Å². The first-order chi connectivity index (χ1) is 12.0. The monoisotopic (exact) mass is 347 g/mol. The maximum Gasteiger partial charge on any atom is 0.315 e. The van der Waals surface area contributed by atoms with Crippen molar-refractivity contribution in [2.24, 2.45) is 17.8 Å². The Labute approximate surface area is 151 Å². The van der Waals surface area contributed by atoms with Gasteiger partial charge in [0.05, 0.1) is 6.04 Å². The van der Waals surface area contributed by atoms with Gasteiger partial charge in [0, 0.05) is 18.0 Å². The lowest BCUT2D eigenvalue weighted by molar-refractivity contribution is -0.127.